The predicted octanol–water partition coefficient (Wildman–Crippen LogP) is 4.07. The second-order valence-electron chi connectivity index (χ2n) is 10.8. The standard InChI is InChI=1S/C30H33Cl2N5O5S/c1-18-21(16-29(38)33-8-9-36-10-12-37(40)13-11-36)19(2)34-28(18)15-23-22-14-20(6-7-27(22)35-30(23)39)43(41,42)17-24-25(31)4-3-5-26(24)32/h3-7,14-15,34,40H,8-13,16-17H2,1-2H3,(H,33,38)(H,35,39)/b23-15-. The van der Waals surface area contributed by atoms with Crippen LogP contribution in [0, 0.1) is 13.8 Å². The highest BCUT2D eigenvalue weighted by atomic mass is 35.5. The average molecular weight is 647 g/mol. The van der Waals surface area contributed by atoms with E-state index in [1.165, 1.54) is 17.2 Å². The molecule has 228 valence electrons. The zero-order chi connectivity index (χ0) is 30.9. The minimum atomic E-state index is -3.84. The summed E-state index contributed by atoms with van der Waals surface area (Å²) in [5, 5.41) is 17.1. The molecule has 0 aliphatic carbocycles. The van der Waals surface area contributed by atoms with Crippen LogP contribution in [0.3, 0.4) is 0 Å². The number of sulfone groups is 1. The molecule has 0 bridgehead atoms. The molecule has 4 N–H and O–H groups in total. The molecule has 0 unspecified atom stereocenters. The monoisotopic (exact) mass is 645 g/mol. The van der Waals surface area contributed by atoms with Crippen molar-refractivity contribution in [3.05, 3.63) is 80.1 Å². The molecule has 0 saturated carbocycles. The van der Waals surface area contributed by atoms with Gasteiger partial charge in [0.05, 0.1) is 22.6 Å². The Balaban J connectivity index is 1.32. The van der Waals surface area contributed by atoms with Crippen LogP contribution in [-0.2, 0) is 31.6 Å². The van der Waals surface area contributed by atoms with E-state index in [-0.39, 0.29) is 38.9 Å². The number of fused-ring (bicyclic) bond motifs is 1. The van der Waals surface area contributed by atoms with Gasteiger partial charge >= 0.3 is 0 Å². The summed E-state index contributed by atoms with van der Waals surface area (Å²) < 4.78 is 26.7. The van der Waals surface area contributed by atoms with Crippen molar-refractivity contribution < 1.29 is 23.2 Å². The second-order valence-corrected chi connectivity index (χ2v) is 13.6. The molecule has 3 heterocycles. The van der Waals surface area contributed by atoms with Gasteiger partial charge in [0.25, 0.3) is 5.91 Å². The van der Waals surface area contributed by atoms with Crippen LogP contribution < -0.4 is 10.6 Å². The van der Waals surface area contributed by atoms with Crippen molar-refractivity contribution in [3.63, 3.8) is 0 Å². The van der Waals surface area contributed by atoms with Crippen LogP contribution in [0.1, 0.15) is 33.6 Å². The van der Waals surface area contributed by atoms with Crippen molar-refractivity contribution in [3.8, 4) is 0 Å². The molecule has 0 radical (unpaired) electrons. The zero-order valence-corrected chi connectivity index (χ0v) is 26.2. The Morgan fingerprint density at radius 2 is 1.77 bits per heavy atom. The Hall–Kier alpha value is -3.19. The molecule has 2 aromatic carbocycles. The Morgan fingerprint density at radius 1 is 1.07 bits per heavy atom. The Kier molecular flexibility index (Phi) is 9.31. The summed E-state index contributed by atoms with van der Waals surface area (Å²) in [5.41, 5.74) is 4.74. The van der Waals surface area contributed by atoms with Crippen LogP contribution in [0.2, 0.25) is 10.0 Å². The van der Waals surface area contributed by atoms with Crippen molar-refractivity contribution in [2.45, 2.75) is 30.9 Å². The highest BCUT2D eigenvalue weighted by Gasteiger charge is 2.28. The van der Waals surface area contributed by atoms with Gasteiger partial charge in [0.2, 0.25) is 5.91 Å². The number of aromatic nitrogens is 1. The number of carbonyl (C=O) groups is 2. The smallest absolute Gasteiger partial charge is 0.256 e. The third-order valence-electron chi connectivity index (χ3n) is 7.89. The number of carbonyl (C=O) groups excluding carboxylic acids is 2. The fourth-order valence-corrected chi connectivity index (χ4v) is 7.47. The summed E-state index contributed by atoms with van der Waals surface area (Å²) >= 11 is 12.4. The molecular formula is C30H33Cl2N5O5S. The Morgan fingerprint density at radius 3 is 2.47 bits per heavy atom. The topological polar surface area (TPSA) is 135 Å². The summed E-state index contributed by atoms with van der Waals surface area (Å²) in [5.74, 6) is -0.848. The van der Waals surface area contributed by atoms with Gasteiger partial charge in [0, 0.05) is 77.5 Å². The Bertz CT molecular complexity index is 1690. The SMILES string of the molecule is Cc1[nH]c(/C=C2\C(=O)Nc3ccc(S(=O)(=O)Cc4c(Cl)cccc4Cl)cc32)c(C)c1CC(=O)NCCN1CCN(O)CC1. The first-order valence-electron chi connectivity index (χ1n) is 13.9. The third-order valence-corrected chi connectivity index (χ3v) is 10.2. The summed E-state index contributed by atoms with van der Waals surface area (Å²) in [6.07, 6.45) is 1.87. The van der Waals surface area contributed by atoms with E-state index < -0.39 is 9.84 Å². The first kappa shape index (κ1) is 31.2. The van der Waals surface area contributed by atoms with E-state index in [1.54, 1.807) is 30.3 Å². The van der Waals surface area contributed by atoms with Crippen LogP contribution >= 0.6 is 23.2 Å². The van der Waals surface area contributed by atoms with E-state index >= 15 is 0 Å². The first-order valence-corrected chi connectivity index (χ1v) is 16.3. The molecule has 43 heavy (non-hydrogen) atoms. The molecule has 5 rings (SSSR count). The highest BCUT2D eigenvalue weighted by Crippen LogP contribution is 2.37. The lowest BCUT2D eigenvalue weighted by molar-refractivity contribution is -0.122. The second kappa shape index (κ2) is 12.8. The number of aryl methyl sites for hydroxylation is 1. The number of rotatable bonds is 9. The normalized spacial score (nSPS) is 16.9. The van der Waals surface area contributed by atoms with Crippen molar-refractivity contribution in [1.82, 2.24) is 20.3 Å². The van der Waals surface area contributed by atoms with Gasteiger partial charge in [0.1, 0.15) is 0 Å². The number of hydrogen-bond donors (Lipinski definition) is 4. The molecule has 1 aromatic heterocycles. The minimum Gasteiger partial charge on any atom is -0.359 e. The quantitative estimate of drug-likeness (QED) is 0.258. The number of nitrogens with zero attached hydrogens (tertiary/aromatic N) is 2. The van der Waals surface area contributed by atoms with E-state index in [0.29, 0.717) is 54.3 Å². The van der Waals surface area contributed by atoms with E-state index in [4.69, 9.17) is 23.2 Å². The van der Waals surface area contributed by atoms with Crippen LogP contribution in [-0.4, -0.2) is 79.7 Å². The van der Waals surface area contributed by atoms with Gasteiger partial charge in [-0.1, -0.05) is 29.3 Å². The van der Waals surface area contributed by atoms with E-state index in [2.05, 4.69) is 20.5 Å². The van der Waals surface area contributed by atoms with Crippen LogP contribution in [0.25, 0.3) is 11.6 Å². The van der Waals surface area contributed by atoms with E-state index in [0.717, 1.165) is 29.9 Å². The van der Waals surface area contributed by atoms with Gasteiger partial charge in [-0.2, -0.15) is 5.06 Å². The Labute approximate surface area is 260 Å². The molecule has 13 heteroatoms. The molecule has 1 saturated heterocycles. The molecule has 0 atom stereocenters. The van der Waals surface area contributed by atoms with Crippen LogP contribution in [0.5, 0.6) is 0 Å². The van der Waals surface area contributed by atoms with Gasteiger partial charge in [-0.15, -0.1) is 0 Å². The van der Waals surface area contributed by atoms with Crippen molar-refractivity contribution in [1.29, 1.82) is 0 Å². The van der Waals surface area contributed by atoms with Crippen LogP contribution in [0.4, 0.5) is 5.69 Å². The summed E-state index contributed by atoms with van der Waals surface area (Å²) in [6.45, 7) is 7.65. The number of benzene rings is 2. The lowest BCUT2D eigenvalue weighted by Crippen LogP contribution is -2.47. The number of anilines is 1. The number of hydrogen-bond acceptors (Lipinski definition) is 7. The molecule has 2 amide bonds. The molecule has 1 fully saturated rings. The first-order chi connectivity index (χ1) is 20.4. The van der Waals surface area contributed by atoms with Gasteiger partial charge in [-0.05, 0) is 61.4 Å². The summed E-state index contributed by atoms with van der Waals surface area (Å²) in [4.78, 5) is 31.2. The highest BCUT2D eigenvalue weighted by molar-refractivity contribution is 7.90. The number of halogens is 2. The average Bonchev–Trinajstić information content (AvgIpc) is 3.41. The molecule has 10 nitrogen and oxygen atoms in total. The third kappa shape index (κ3) is 6.98. The van der Waals surface area contributed by atoms with E-state index in [1.807, 2.05) is 13.8 Å². The molecule has 2 aliphatic rings. The lowest BCUT2D eigenvalue weighted by Gasteiger charge is -2.30. The molecule has 2 aliphatic heterocycles. The maximum absolute atomic E-state index is 13.3. The van der Waals surface area contributed by atoms with Gasteiger partial charge in [-0.25, -0.2) is 8.42 Å². The van der Waals surface area contributed by atoms with Crippen molar-refractivity contribution >= 4 is 62.2 Å². The van der Waals surface area contributed by atoms with Gasteiger partial charge < -0.3 is 20.8 Å². The molecular weight excluding hydrogens is 613 g/mol. The summed E-state index contributed by atoms with van der Waals surface area (Å²) in [7, 11) is -3.84. The van der Waals surface area contributed by atoms with Gasteiger partial charge in [-0.3, -0.25) is 14.5 Å². The molecule has 3 aromatic rings. The largest absolute Gasteiger partial charge is 0.359 e. The number of piperazine rings is 1. The van der Waals surface area contributed by atoms with Crippen molar-refractivity contribution in [2.75, 3.05) is 44.6 Å². The minimum absolute atomic E-state index is 0.0413. The van der Waals surface area contributed by atoms with Crippen LogP contribution in [0.15, 0.2) is 41.3 Å². The maximum atomic E-state index is 13.3. The molecule has 0 spiro atoms. The van der Waals surface area contributed by atoms with Crippen molar-refractivity contribution in [2.24, 2.45) is 0 Å². The lowest BCUT2D eigenvalue weighted by atomic mass is 10.0. The fourth-order valence-electron chi connectivity index (χ4n) is 5.35. The fraction of sp³-hybridized carbons (Fsp3) is 0.333. The number of nitrogens with one attached hydrogen (secondary N) is 3. The predicted molar refractivity (Wildman–Crippen MR) is 167 cm³/mol. The van der Waals surface area contributed by atoms with E-state index in [9.17, 15) is 23.2 Å². The maximum Gasteiger partial charge on any atom is 0.256 e. The number of amides is 2. The number of H-pyrrole nitrogens is 1. The van der Waals surface area contributed by atoms with Gasteiger partial charge in [0.15, 0.2) is 9.84 Å². The number of hydroxylamine groups is 2. The number of aromatic amines is 1. The zero-order valence-electron chi connectivity index (χ0n) is 23.8. The summed E-state index contributed by atoms with van der Waals surface area (Å²) in [6, 6.07) is 9.33.